The molecule has 0 radical (unpaired) electrons. The monoisotopic (exact) mass is 394 g/mol. The van der Waals surface area contributed by atoms with Gasteiger partial charge in [0.15, 0.2) is 6.61 Å². The number of carbonyl (C=O) groups is 2. The minimum atomic E-state index is -0.464. The van der Waals surface area contributed by atoms with Crippen molar-refractivity contribution in [3.8, 4) is 21.0 Å². The van der Waals surface area contributed by atoms with Crippen molar-refractivity contribution in [3.63, 3.8) is 0 Å². The highest BCUT2D eigenvalue weighted by Gasteiger charge is 2.18. The zero-order chi connectivity index (χ0) is 20.1. The molecule has 144 valence electrons. The first-order valence-corrected chi connectivity index (χ1v) is 9.73. The van der Waals surface area contributed by atoms with Crippen LogP contribution in [0.4, 0.5) is 0 Å². The fourth-order valence-electron chi connectivity index (χ4n) is 2.57. The topological polar surface area (TPSA) is 59.5 Å². The molecule has 1 aromatic heterocycles. The molecule has 0 N–H and O–H groups in total. The van der Waals surface area contributed by atoms with Gasteiger partial charge in [-0.1, -0.05) is 60.2 Å². The third-order valence-electron chi connectivity index (χ3n) is 4.20. The number of aryl methyl sites for hydroxylation is 1. The van der Waals surface area contributed by atoms with Crippen molar-refractivity contribution in [2.45, 2.75) is 13.3 Å². The van der Waals surface area contributed by atoms with Crippen LogP contribution in [0.3, 0.4) is 0 Å². The van der Waals surface area contributed by atoms with Gasteiger partial charge in [-0.2, -0.15) is 0 Å². The van der Waals surface area contributed by atoms with Crippen molar-refractivity contribution in [1.29, 1.82) is 0 Å². The molecule has 0 aliphatic heterocycles. The van der Waals surface area contributed by atoms with Gasteiger partial charge in [0.05, 0.1) is 17.0 Å². The molecular formula is C22H22N2O3S. The number of likely N-dealkylation sites (N-methyl/N-ethyl adjacent to an activating group) is 1. The number of ether oxygens (including phenoxy) is 1. The molecule has 3 aromatic rings. The molecule has 5 nitrogen and oxygen atoms in total. The van der Waals surface area contributed by atoms with Crippen molar-refractivity contribution < 1.29 is 14.3 Å². The van der Waals surface area contributed by atoms with Gasteiger partial charge in [-0.15, -0.1) is 11.3 Å². The quantitative estimate of drug-likeness (QED) is 0.594. The minimum Gasteiger partial charge on any atom is -0.455 e. The van der Waals surface area contributed by atoms with Gasteiger partial charge in [-0.05, 0) is 12.5 Å². The van der Waals surface area contributed by atoms with E-state index in [2.05, 4.69) is 0 Å². The Hall–Kier alpha value is -2.99. The predicted molar refractivity (Wildman–Crippen MR) is 111 cm³/mol. The van der Waals surface area contributed by atoms with E-state index in [1.807, 2.05) is 61.5 Å². The van der Waals surface area contributed by atoms with Gasteiger partial charge in [0.25, 0.3) is 5.91 Å². The fraction of sp³-hybridized carbons (Fsp3) is 0.227. The van der Waals surface area contributed by atoms with E-state index >= 15 is 0 Å². The first-order chi connectivity index (χ1) is 13.4. The second-order valence-electron chi connectivity index (χ2n) is 6.65. The summed E-state index contributed by atoms with van der Waals surface area (Å²) in [7, 11) is 3.25. The maximum Gasteiger partial charge on any atom is 0.312 e. The summed E-state index contributed by atoms with van der Waals surface area (Å²) < 4.78 is 5.13. The summed E-state index contributed by atoms with van der Waals surface area (Å²) in [5.41, 5.74) is 3.84. The second kappa shape index (κ2) is 8.80. The standard InChI is InChI=1S/C22H22N2O3S/c1-15-9-11-16(12-10-15)21-18(13-20(26)27-14-19(25)24(2)3)23-22(28-21)17-7-5-4-6-8-17/h4-12H,13-14H2,1-3H3. The molecule has 2 aromatic carbocycles. The number of thiazole rings is 1. The van der Waals surface area contributed by atoms with E-state index in [-0.39, 0.29) is 18.9 Å². The lowest BCUT2D eigenvalue weighted by Gasteiger charge is -2.10. The molecule has 6 heteroatoms. The molecule has 0 bridgehead atoms. The zero-order valence-corrected chi connectivity index (χ0v) is 17.0. The number of carbonyl (C=O) groups excluding carboxylic acids is 2. The van der Waals surface area contributed by atoms with Gasteiger partial charge in [-0.25, -0.2) is 4.98 Å². The van der Waals surface area contributed by atoms with Crippen LogP contribution >= 0.6 is 11.3 Å². The van der Waals surface area contributed by atoms with E-state index in [1.165, 1.54) is 10.5 Å². The average Bonchev–Trinajstić information content (AvgIpc) is 3.11. The fourth-order valence-corrected chi connectivity index (χ4v) is 3.66. The number of amides is 1. The van der Waals surface area contributed by atoms with Gasteiger partial charge < -0.3 is 9.64 Å². The molecule has 0 saturated carbocycles. The number of benzene rings is 2. The molecule has 0 saturated heterocycles. The molecule has 0 spiro atoms. The SMILES string of the molecule is Cc1ccc(-c2sc(-c3ccccc3)nc2CC(=O)OCC(=O)N(C)C)cc1. The molecule has 1 heterocycles. The van der Waals surface area contributed by atoms with Crippen molar-refractivity contribution in [2.24, 2.45) is 0 Å². The number of aromatic nitrogens is 1. The summed E-state index contributed by atoms with van der Waals surface area (Å²) >= 11 is 1.55. The molecular weight excluding hydrogens is 372 g/mol. The lowest BCUT2D eigenvalue weighted by atomic mass is 10.1. The van der Waals surface area contributed by atoms with Gasteiger partial charge >= 0.3 is 5.97 Å². The van der Waals surface area contributed by atoms with Gasteiger partial charge in [-0.3, -0.25) is 9.59 Å². The molecule has 0 aliphatic rings. The molecule has 0 unspecified atom stereocenters. The lowest BCUT2D eigenvalue weighted by molar-refractivity contribution is -0.150. The summed E-state index contributed by atoms with van der Waals surface area (Å²) in [4.78, 5) is 31.0. The Labute approximate surface area is 168 Å². The van der Waals surface area contributed by atoms with E-state index in [1.54, 1.807) is 25.4 Å². The number of nitrogens with zero attached hydrogens (tertiary/aromatic N) is 2. The lowest BCUT2D eigenvalue weighted by Crippen LogP contribution is -2.28. The maximum atomic E-state index is 12.3. The summed E-state index contributed by atoms with van der Waals surface area (Å²) in [5.74, 6) is -0.719. The van der Waals surface area contributed by atoms with Gasteiger partial charge in [0, 0.05) is 19.7 Å². The van der Waals surface area contributed by atoms with Crippen LogP contribution in [0.15, 0.2) is 54.6 Å². The molecule has 0 atom stereocenters. The van der Waals surface area contributed by atoms with Crippen LogP contribution in [0.5, 0.6) is 0 Å². The Morgan fingerprint density at radius 1 is 1.00 bits per heavy atom. The Balaban J connectivity index is 1.87. The first kappa shape index (κ1) is 19.8. The van der Waals surface area contributed by atoms with Crippen molar-refractivity contribution in [1.82, 2.24) is 9.88 Å². The summed E-state index contributed by atoms with van der Waals surface area (Å²) in [5, 5.41) is 0.850. The van der Waals surface area contributed by atoms with E-state index in [4.69, 9.17) is 9.72 Å². The maximum absolute atomic E-state index is 12.3. The van der Waals surface area contributed by atoms with Crippen molar-refractivity contribution in [3.05, 3.63) is 65.9 Å². The number of esters is 1. The van der Waals surface area contributed by atoms with Crippen molar-refractivity contribution in [2.75, 3.05) is 20.7 Å². The second-order valence-corrected chi connectivity index (χ2v) is 7.65. The molecule has 1 amide bonds. The molecule has 0 fully saturated rings. The van der Waals surface area contributed by atoms with Gasteiger partial charge in [0.1, 0.15) is 5.01 Å². The third-order valence-corrected chi connectivity index (χ3v) is 5.39. The first-order valence-electron chi connectivity index (χ1n) is 8.92. The largest absolute Gasteiger partial charge is 0.455 e. The van der Waals surface area contributed by atoms with Crippen LogP contribution in [0.25, 0.3) is 21.0 Å². The Kier molecular flexibility index (Phi) is 6.21. The highest BCUT2D eigenvalue weighted by Crippen LogP contribution is 2.36. The summed E-state index contributed by atoms with van der Waals surface area (Å²) in [6.07, 6.45) is 0.0211. The third kappa shape index (κ3) is 4.84. The summed E-state index contributed by atoms with van der Waals surface area (Å²) in [6, 6.07) is 18.0. The zero-order valence-electron chi connectivity index (χ0n) is 16.1. The molecule has 28 heavy (non-hydrogen) atoms. The average molecular weight is 394 g/mol. The van der Waals surface area contributed by atoms with Crippen LogP contribution in [0.1, 0.15) is 11.3 Å². The van der Waals surface area contributed by atoms with Crippen LogP contribution in [0.2, 0.25) is 0 Å². The molecule has 3 rings (SSSR count). The van der Waals surface area contributed by atoms with Crippen molar-refractivity contribution >= 4 is 23.2 Å². The van der Waals surface area contributed by atoms with E-state index in [0.717, 1.165) is 21.0 Å². The minimum absolute atomic E-state index is 0.0211. The van der Waals surface area contributed by atoms with Gasteiger partial charge in [0.2, 0.25) is 0 Å². The van der Waals surface area contributed by atoms with Crippen LogP contribution in [-0.2, 0) is 20.7 Å². The van der Waals surface area contributed by atoms with E-state index in [0.29, 0.717) is 5.69 Å². The van der Waals surface area contributed by atoms with Crippen LogP contribution < -0.4 is 0 Å². The molecule has 0 aliphatic carbocycles. The summed E-state index contributed by atoms with van der Waals surface area (Å²) in [6.45, 7) is 1.77. The Morgan fingerprint density at radius 2 is 1.68 bits per heavy atom. The van der Waals surface area contributed by atoms with Crippen LogP contribution in [0, 0.1) is 6.92 Å². The highest BCUT2D eigenvalue weighted by molar-refractivity contribution is 7.18. The van der Waals surface area contributed by atoms with E-state index in [9.17, 15) is 9.59 Å². The van der Waals surface area contributed by atoms with E-state index < -0.39 is 5.97 Å². The number of hydrogen-bond donors (Lipinski definition) is 0. The van der Waals surface area contributed by atoms with Crippen LogP contribution in [-0.4, -0.2) is 42.5 Å². The Bertz CT molecular complexity index is 963. The number of rotatable bonds is 6. The highest BCUT2D eigenvalue weighted by atomic mass is 32.1. The smallest absolute Gasteiger partial charge is 0.312 e. The normalized spacial score (nSPS) is 10.5. The Morgan fingerprint density at radius 3 is 2.32 bits per heavy atom. The predicted octanol–water partition coefficient (Wildman–Crippen LogP) is 3.96. The number of hydrogen-bond acceptors (Lipinski definition) is 5.